The van der Waals surface area contributed by atoms with Crippen LogP contribution in [0.2, 0.25) is 0 Å². The van der Waals surface area contributed by atoms with E-state index in [2.05, 4.69) is 18.7 Å². The van der Waals surface area contributed by atoms with Crippen molar-refractivity contribution in [2.75, 3.05) is 19.6 Å². The van der Waals surface area contributed by atoms with Gasteiger partial charge in [0.15, 0.2) is 0 Å². The Balaban J connectivity index is 2.29. The van der Waals surface area contributed by atoms with Gasteiger partial charge in [-0.25, -0.2) is 0 Å². The molecule has 2 nitrogen and oxygen atoms in total. The molecule has 2 N–H and O–H groups in total. The van der Waals surface area contributed by atoms with Crippen LogP contribution in [0.25, 0.3) is 0 Å². The normalized spacial score (nSPS) is 22.4. The van der Waals surface area contributed by atoms with Crippen molar-refractivity contribution in [3.05, 3.63) is 0 Å². The molecular formula is C11H24N2. The molecule has 13 heavy (non-hydrogen) atoms. The Morgan fingerprint density at radius 2 is 1.46 bits per heavy atom. The van der Waals surface area contributed by atoms with Crippen LogP contribution in [0.1, 0.15) is 46.0 Å². The minimum Gasteiger partial charge on any atom is -0.324 e. The van der Waals surface area contributed by atoms with E-state index in [9.17, 15) is 0 Å². The lowest BCUT2D eigenvalue weighted by Gasteiger charge is -2.31. The van der Waals surface area contributed by atoms with Crippen molar-refractivity contribution in [2.24, 2.45) is 5.73 Å². The maximum atomic E-state index is 6.01. The number of hydrogen-bond acceptors (Lipinski definition) is 2. The van der Waals surface area contributed by atoms with E-state index in [1.54, 1.807) is 0 Å². The summed E-state index contributed by atoms with van der Waals surface area (Å²) in [4.78, 5) is 2.53. The van der Waals surface area contributed by atoms with Crippen LogP contribution in [0.4, 0.5) is 0 Å². The Kier molecular flexibility index (Phi) is 4.20. The third-order valence-corrected chi connectivity index (χ3v) is 2.58. The van der Waals surface area contributed by atoms with Crippen LogP contribution in [0.5, 0.6) is 0 Å². The van der Waals surface area contributed by atoms with Gasteiger partial charge in [-0.15, -0.1) is 0 Å². The molecule has 0 aromatic carbocycles. The number of nitrogens with two attached hydrogens (primary N) is 1. The molecule has 0 saturated carbocycles. The van der Waals surface area contributed by atoms with E-state index in [1.165, 1.54) is 45.2 Å². The zero-order valence-electron chi connectivity index (χ0n) is 9.18. The smallest absolute Gasteiger partial charge is 0.0226 e. The second kappa shape index (κ2) is 4.97. The van der Waals surface area contributed by atoms with Crippen molar-refractivity contribution in [2.45, 2.75) is 51.5 Å². The highest BCUT2D eigenvalue weighted by Crippen LogP contribution is 2.12. The van der Waals surface area contributed by atoms with Crippen LogP contribution in [0.3, 0.4) is 0 Å². The van der Waals surface area contributed by atoms with Crippen LogP contribution in [-0.2, 0) is 0 Å². The highest BCUT2D eigenvalue weighted by molar-refractivity contribution is 4.77. The van der Waals surface area contributed by atoms with Crippen molar-refractivity contribution in [1.29, 1.82) is 0 Å². The zero-order valence-corrected chi connectivity index (χ0v) is 9.18. The maximum Gasteiger partial charge on any atom is 0.0226 e. The Hall–Kier alpha value is -0.0800. The first kappa shape index (κ1) is 11.0. The van der Waals surface area contributed by atoms with Gasteiger partial charge in [-0.1, -0.05) is 19.3 Å². The predicted octanol–water partition coefficient (Wildman–Crippen LogP) is 1.99. The van der Waals surface area contributed by atoms with Gasteiger partial charge in [0.1, 0.15) is 0 Å². The van der Waals surface area contributed by atoms with Gasteiger partial charge >= 0.3 is 0 Å². The van der Waals surface area contributed by atoms with E-state index in [0.717, 1.165) is 6.54 Å². The number of nitrogens with zero attached hydrogens (tertiary/aromatic N) is 1. The van der Waals surface area contributed by atoms with Gasteiger partial charge in [0.2, 0.25) is 0 Å². The summed E-state index contributed by atoms with van der Waals surface area (Å²) in [6, 6.07) is 0. The molecule has 0 unspecified atom stereocenters. The molecule has 78 valence electrons. The van der Waals surface area contributed by atoms with E-state index >= 15 is 0 Å². The van der Waals surface area contributed by atoms with Gasteiger partial charge in [0.05, 0.1) is 0 Å². The van der Waals surface area contributed by atoms with Crippen LogP contribution < -0.4 is 5.73 Å². The molecule has 1 heterocycles. The molecule has 0 radical (unpaired) electrons. The second-order valence-electron chi connectivity index (χ2n) is 5.03. The van der Waals surface area contributed by atoms with Gasteiger partial charge < -0.3 is 10.6 Å². The molecule has 1 saturated heterocycles. The molecule has 1 aliphatic heterocycles. The van der Waals surface area contributed by atoms with E-state index < -0.39 is 0 Å². The van der Waals surface area contributed by atoms with Crippen LogP contribution >= 0.6 is 0 Å². The van der Waals surface area contributed by atoms with E-state index in [0.29, 0.717) is 0 Å². The molecule has 1 aliphatic rings. The summed E-state index contributed by atoms with van der Waals surface area (Å²) in [5.74, 6) is 0. The van der Waals surface area contributed by atoms with Gasteiger partial charge in [-0.2, -0.15) is 0 Å². The summed E-state index contributed by atoms with van der Waals surface area (Å²) in [7, 11) is 0. The minimum atomic E-state index is -0.0286. The van der Waals surface area contributed by atoms with Crippen LogP contribution in [-0.4, -0.2) is 30.1 Å². The Labute approximate surface area is 82.5 Å². The van der Waals surface area contributed by atoms with E-state index in [1.807, 2.05) is 0 Å². The van der Waals surface area contributed by atoms with E-state index in [4.69, 9.17) is 5.73 Å². The lowest BCUT2D eigenvalue weighted by Crippen LogP contribution is -2.46. The Morgan fingerprint density at radius 3 is 1.92 bits per heavy atom. The zero-order chi connectivity index (χ0) is 9.73. The molecule has 1 rings (SSSR count). The lowest BCUT2D eigenvalue weighted by atomic mass is 10.0. The molecule has 0 bridgehead atoms. The third-order valence-electron chi connectivity index (χ3n) is 2.58. The van der Waals surface area contributed by atoms with E-state index in [-0.39, 0.29) is 5.54 Å². The van der Waals surface area contributed by atoms with Gasteiger partial charge in [0.25, 0.3) is 0 Å². The Bertz CT molecular complexity index is 130. The van der Waals surface area contributed by atoms with Gasteiger partial charge in [-0.05, 0) is 39.8 Å². The summed E-state index contributed by atoms with van der Waals surface area (Å²) in [6.45, 7) is 7.78. The second-order valence-corrected chi connectivity index (χ2v) is 5.03. The SMILES string of the molecule is CC(C)(N)CN1CCCCCCC1. The standard InChI is InChI=1S/C11H24N2/c1-11(2,12)10-13-8-6-4-3-5-7-9-13/h3-10,12H2,1-2H3. The Morgan fingerprint density at radius 1 is 1.00 bits per heavy atom. The topological polar surface area (TPSA) is 29.3 Å². The van der Waals surface area contributed by atoms with Gasteiger partial charge in [-0.3, -0.25) is 0 Å². The summed E-state index contributed by atoms with van der Waals surface area (Å²) < 4.78 is 0. The van der Waals surface area contributed by atoms with Crippen LogP contribution in [0.15, 0.2) is 0 Å². The fourth-order valence-electron chi connectivity index (χ4n) is 2.05. The summed E-state index contributed by atoms with van der Waals surface area (Å²) >= 11 is 0. The fourth-order valence-corrected chi connectivity index (χ4v) is 2.05. The largest absolute Gasteiger partial charge is 0.324 e. The summed E-state index contributed by atoms with van der Waals surface area (Å²) in [6.07, 6.45) is 6.95. The first-order valence-electron chi connectivity index (χ1n) is 5.59. The van der Waals surface area contributed by atoms with Crippen molar-refractivity contribution in [3.8, 4) is 0 Å². The molecule has 0 spiro atoms. The average molecular weight is 184 g/mol. The molecule has 0 aromatic rings. The van der Waals surface area contributed by atoms with Gasteiger partial charge in [0, 0.05) is 12.1 Å². The number of hydrogen-bond donors (Lipinski definition) is 1. The maximum absolute atomic E-state index is 6.01. The first-order valence-corrected chi connectivity index (χ1v) is 5.59. The first-order chi connectivity index (χ1) is 6.08. The molecule has 1 fully saturated rings. The summed E-state index contributed by atoms with van der Waals surface area (Å²) in [5.41, 5.74) is 5.99. The third kappa shape index (κ3) is 5.27. The number of likely N-dealkylation sites (tertiary alicyclic amines) is 1. The monoisotopic (exact) mass is 184 g/mol. The molecule has 0 atom stereocenters. The molecule has 2 heteroatoms. The lowest BCUT2D eigenvalue weighted by molar-refractivity contribution is 0.207. The van der Waals surface area contributed by atoms with Crippen molar-refractivity contribution in [1.82, 2.24) is 4.90 Å². The number of rotatable bonds is 2. The summed E-state index contributed by atoms with van der Waals surface area (Å²) in [5, 5.41) is 0. The minimum absolute atomic E-state index is 0.0286. The van der Waals surface area contributed by atoms with Crippen molar-refractivity contribution in [3.63, 3.8) is 0 Å². The molecular weight excluding hydrogens is 160 g/mol. The van der Waals surface area contributed by atoms with Crippen molar-refractivity contribution >= 4 is 0 Å². The average Bonchev–Trinajstić information content (AvgIpc) is 1.92. The molecule has 0 aliphatic carbocycles. The molecule has 0 aromatic heterocycles. The highest BCUT2D eigenvalue weighted by atomic mass is 15.1. The highest BCUT2D eigenvalue weighted by Gasteiger charge is 2.16. The predicted molar refractivity (Wildman–Crippen MR) is 57.8 cm³/mol. The van der Waals surface area contributed by atoms with Crippen molar-refractivity contribution < 1.29 is 0 Å². The fraction of sp³-hybridized carbons (Fsp3) is 1.00. The quantitative estimate of drug-likeness (QED) is 0.711. The molecule has 0 amide bonds. The van der Waals surface area contributed by atoms with Crippen LogP contribution in [0, 0.1) is 0 Å².